The van der Waals surface area contributed by atoms with Crippen molar-refractivity contribution in [1.29, 1.82) is 0 Å². The standard InChI is InChI=1S/C13H20N2O/c1-4-12(14)13(16)15(3)9-11-7-5-6-10(2)8-11/h5-8,12H,4,9,14H2,1-3H3/t12-/m1/s1. The van der Waals surface area contributed by atoms with E-state index in [4.69, 9.17) is 5.73 Å². The van der Waals surface area contributed by atoms with Crippen molar-refractivity contribution in [3.05, 3.63) is 35.4 Å². The van der Waals surface area contributed by atoms with Crippen LogP contribution in [-0.2, 0) is 11.3 Å². The normalized spacial score (nSPS) is 12.2. The highest BCUT2D eigenvalue weighted by Crippen LogP contribution is 2.07. The molecule has 0 unspecified atom stereocenters. The molecule has 1 atom stereocenters. The number of nitrogens with zero attached hydrogens (tertiary/aromatic N) is 1. The number of carbonyl (C=O) groups excluding carboxylic acids is 1. The van der Waals surface area contributed by atoms with E-state index >= 15 is 0 Å². The van der Waals surface area contributed by atoms with Gasteiger partial charge in [0.25, 0.3) is 0 Å². The van der Waals surface area contributed by atoms with Crippen molar-refractivity contribution in [2.75, 3.05) is 7.05 Å². The lowest BCUT2D eigenvalue weighted by molar-refractivity contribution is -0.131. The predicted molar refractivity (Wildman–Crippen MR) is 65.9 cm³/mol. The summed E-state index contributed by atoms with van der Waals surface area (Å²) in [6, 6.07) is 7.77. The van der Waals surface area contributed by atoms with Crippen LogP contribution in [0.3, 0.4) is 0 Å². The zero-order valence-electron chi connectivity index (χ0n) is 10.2. The monoisotopic (exact) mass is 220 g/mol. The van der Waals surface area contributed by atoms with Gasteiger partial charge in [-0.05, 0) is 18.9 Å². The van der Waals surface area contributed by atoms with Gasteiger partial charge in [-0.1, -0.05) is 36.8 Å². The van der Waals surface area contributed by atoms with E-state index in [0.717, 1.165) is 5.56 Å². The van der Waals surface area contributed by atoms with E-state index in [9.17, 15) is 4.79 Å². The van der Waals surface area contributed by atoms with Crippen LogP contribution in [0.5, 0.6) is 0 Å². The number of likely N-dealkylation sites (N-methyl/N-ethyl adjacent to an activating group) is 1. The quantitative estimate of drug-likeness (QED) is 0.839. The molecule has 0 radical (unpaired) electrons. The molecule has 0 aliphatic carbocycles. The van der Waals surface area contributed by atoms with Crippen LogP contribution in [0.1, 0.15) is 24.5 Å². The van der Waals surface area contributed by atoms with Crippen LogP contribution in [0, 0.1) is 6.92 Å². The third kappa shape index (κ3) is 3.35. The van der Waals surface area contributed by atoms with Crippen LogP contribution in [0.4, 0.5) is 0 Å². The number of hydrogen-bond donors (Lipinski definition) is 1. The first-order valence-corrected chi connectivity index (χ1v) is 5.60. The summed E-state index contributed by atoms with van der Waals surface area (Å²) in [7, 11) is 1.79. The summed E-state index contributed by atoms with van der Waals surface area (Å²) < 4.78 is 0. The first kappa shape index (κ1) is 12.7. The molecule has 3 nitrogen and oxygen atoms in total. The van der Waals surface area contributed by atoms with Crippen LogP contribution < -0.4 is 5.73 Å². The molecule has 1 rings (SSSR count). The van der Waals surface area contributed by atoms with E-state index < -0.39 is 0 Å². The Morgan fingerprint density at radius 2 is 2.19 bits per heavy atom. The van der Waals surface area contributed by atoms with Crippen LogP contribution in [0.2, 0.25) is 0 Å². The fourth-order valence-corrected chi connectivity index (χ4v) is 1.62. The molecule has 0 aliphatic heterocycles. The third-order valence-corrected chi connectivity index (χ3v) is 2.64. The van der Waals surface area contributed by atoms with E-state index in [1.54, 1.807) is 11.9 Å². The fraction of sp³-hybridized carbons (Fsp3) is 0.462. The van der Waals surface area contributed by atoms with Gasteiger partial charge in [0.2, 0.25) is 5.91 Å². The van der Waals surface area contributed by atoms with Crippen LogP contribution >= 0.6 is 0 Å². The molecule has 0 saturated heterocycles. The molecule has 0 aliphatic rings. The van der Waals surface area contributed by atoms with Crippen molar-refractivity contribution in [3.63, 3.8) is 0 Å². The van der Waals surface area contributed by atoms with Crippen LogP contribution in [0.15, 0.2) is 24.3 Å². The molecule has 0 bridgehead atoms. The molecule has 1 amide bonds. The molecular formula is C13H20N2O. The maximum absolute atomic E-state index is 11.8. The Morgan fingerprint density at radius 1 is 1.50 bits per heavy atom. The minimum Gasteiger partial charge on any atom is -0.340 e. The van der Waals surface area contributed by atoms with Gasteiger partial charge in [0.15, 0.2) is 0 Å². The SMILES string of the molecule is CC[C@@H](N)C(=O)N(C)Cc1cccc(C)c1. The van der Waals surface area contributed by atoms with Gasteiger partial charge >= 0.3 is 0 Å². The van der Waals surface area contributed by atoms with E-state index in [1.165, 1.54) is 5.56 Å². The van der Waals surface area contributed by atoms with Crippen molar-refractivity contribution >= 4 is 5.91 Å². The molecule has 1 aromatic rings. The van der Waals surface area contributed by atoms with Gasteiger partial charge in [-0.2, -0.15) is 0 Å². The molecule has 3 heteroatoms. The number of amides is 1. The average Bonchev–Trinajstić information content (AvgIpc) is 2.27. The zero-order chi connectivity index (χ0) is 12.1. The van der Waals surface area contributed by atoms with Gasteiger partial charge < -0.3 is 10.6 Å². The Bertz CT molecular complexity index is 363. The molecule has 0 saturated carbocycles. The number of aryl methyl sites for hydroxylation is 1. The van der Waals surface area contributed by atoms with Crippen LogP contribution in [-0.4, -0.2) is 23.9 Å². The highest BCUT2D eigenvalue weighted by Gasteiger charge is 2.15. The summed E-state index contributed by atoms with van der Waals surface area (Å²) in [5.74, 6) is 0.00371. The summed E-state index contributed by atoms with van der Waals surface area (Å²) in [6.45, 7) is 4.58. The molecule has 88 valence electrons. The fourth-order valence-electron chi connectivity index (χ4n) is 1.62. The molecule has 2 N–H and O–H groups in total. The highest BCUT2D eigenvalue weighted by molar-refractivity contribution is 5.81. The summed E-state index contributed by atoms with van der Waals surface area (Å²) in [4.78, 5) is 13.4. The lowest BCUT2D eigenvalue weighted by Gasteiger charge is -2.20. The second-order valence-electron chi connectivity index (χ2n) is 4.20. The van der Waals surface area contributed by atoms with Crippen LogP contribution in [0.25, 0.3) is 0 Å². The Morgan fingerprint density at radius 3 is 2.75 bits per heavy atom. The summed E-state index contributed by atoms with van der Waals surface area (Å²) in [6.07, 6.45) is 0.678. The summed E-state index contributed by atoms with van der Waals surface area (Å²) >= 11 is 0. The number of benzene rings is 1. The van der Waals surface area contributed by atoms with Crippen molar-refractivity contribution in [1.82, 2.24) is 4.90 Å². The smallest absolute Gasteiger partial charge is 0.239 e. The molecular weight excluding hydrogens is 200 g/mol. The van der Waals surface area contributed by atoms with Crippen molar-refractivity contribution in [3.8, 4) is 0 Å². The molecule has 0 fully saturated rings. The predicted octanol–water partition coefficient (Wildman–Crippen LogP) is 1.69. The molecule has 16 heavy (non-hydrogen) atoms. The van der Waals surface area contributed by atoms with Gasteiger partial charge in [-0.15, -0.1) is 0 Å². The second-order valence-corrected chi connectivity index (χ2v) is 4.20. The molecule has 0 spiro atoms. The maximum Gasteiger partial charge on any atom is 0.239 e. The maximum atomic E-state index is 11.8. The first-order chi connectivity index (χ1) is 7.54. The van der Waals surface area contributed by atoms with Gasteiger partial charge in [0, 0.05) is 13.6 Å². The van der Waals surface area contributed by atoms with E-state index in [0.29, 0.717) is 13.0 Å². The minimum atomic E-state index is -0.380. The lowest BCUT2D eigenvalue weighted by atomic mass is 10.1. The van der Waals surface area contributed by atoms with Crippen molar-refractivity contribution in [2.24, 2.45) is 5.73 Å². The van der Waals surface area contributed by atoms with E-state index in [-0.39, 0.29) is 11.9 Å². The topological polar surface area (TPSA) is 46.3 Å². The number of hydrogen-bond acceptors (Lipinski definition) is 2. The zero-order valence-corrected chi connectivity index (χ0v) is 10.2. The van der Waals surface area contributed by atoms with Gasteiger partial charge in [0.05, 0.1) is 6.04 Å². The Hall–Kier alpha value is -1.35. The molecule has 0 heterocycles. The summed E-state index contributed by atoms with van der Waals surface area (Å²) in [5.41, 5.74) is 8.05. The van der Waals surface area contributed by atoms with Crippen molar-refractivity contribution < 1.29 is 4.79 Å². The second kappa shape index (κ2) is 5.66. The van der Waals surface area contributed by atoms with Gasteiger partial charge in [0.1, 0.15) is 0 Å². The van der Waals surface area contributed by atoms with E-state index in [1.807, 2.05) is 32.0 Å². The average molecular weight is 220 g/mol. The third-order valence-electron chi connectivity index (χ3n) is 2.64. The minimum absolute atomic E-state index is 0.00371. The van der Waals surface area contributed by atoms with Gasteiger partial charge in [-0.25, -0.2) is 0 Å². The highest BCUT2D eigenvalue weighted by atomic mass is 16.2. The van der Waals surface area contributed by atoms with E-state index in [2.05, 4.69) is 6.07 Å². The Balaban J connectivity index is 2.64. The largest absolute Gasteiger partial charge is 0.340 e. The van der Waals surface area contributed by atoms with Crippen molar-refractivity contribution in [2.45, 2.75) is 32.9 Å². The number of nitrogens with two attached hydrogens (primary N) is 1. The Labute approximate surface area is 97.2 Å². The molecule has 1 aromatic carbocycles. The first-order valence-electron chi connectivity index (χ1n) is 5.60. The number of carbonyl (C=O) groups is 1. The number of rotatable bonds is 4. The Kier molecular flexibility index (Phi) is 4.50. The lowest BCUT2D eigenvalue weighted by Crippen LogP contribution is -2.40. The van der Waals surface area contributed by atoms with Gasteiger partial charge in [-0.3, -0.25) is 4.79 Å². The summed E-state index contributed by atoms with van der Waals surface area (Å²) in [5, 5.41) is 0. The molecule has 0 aromatic heterocycles.